The van der Waals surface area contributed by atoms with Gasteiger partial charge in [0.2, 0.25) is 5.91 Å². The number of hydrogen-bond donors (Lipinski definition) is 2. The second kappa shape index (κ2) is 6.82. The lowest BCUT2D eigenvalue weighted by Crippen LogP contribution is -2.28. The molecule has 0 radical (unpaired) electrons. The molecule has 1 aliphatic carbocycles. The van der Waals surface area contributed by atoms with Crippen LogP contribution in [0.1, 0.15) is 44.6 Å². The predicted octanol–water partition coefficient (Wildman–Crippen LogP) is 4.69. The molecular formula is C19H23N3O. The molecule has 1 aromatic heterocycles. The summed E-state index contributed by atoms with van der Waals surface area (Å²) in [6.07, 6.45) is 4.90. The largest absolute Gasteiger partial charge is 0.354 e. The van der Waals surface area contributed by atoms with Crippen molar-refractivity contribution in [3.05, 3.63) is 48.2 Å². The summed E-state index contributed by atoms with van der Waals surface area (Å²) in [4.78, 5) is 16.2. The van der Waals surface area contributed by atoms with E-state index >= 15 is 0 Å². The number of nitrogens with zero attached hydrogens (tertiary/aromatic N) is 1. The Morgan fingerprint density at radius 2 is 1.78 bits per heavy atom. The molecule has 2 N–H and O–H groups in total. The van der Waals surface area contributed by atoms with E-state index in [0.29, 0.717) is 11.7 Å². The van der Waals surface area contributed by atoms with Crippen LogP contribution in [0.15, 0.2) is 42.6 Å². The van der Waals surface area contributed by atoms with Crippen molar-refractivity contribution in [1.82, 2.24) is 4.98 Å². The smallest absolute Gasteiger partial charge is 0.228 e. The Bertz CT molecular complexity index is 658. The van der Waals surface area contributed by atoms with Crippen LogP contribution in [0, 0.1) is 5.92 Å². The quantitative estimate of drug-likeness (QED) is 0.842. The van der Waals surface area contributed by atoms with Crippen molar-refractivity contribution in [2.24, 2.45) is 5.92 Å². The third kappa shape index (κ3) is 3.89. The van der Waals surface area contributed by atoms with Gasteiger partial charge < -0.3 is 10.6 Å². The van der Waals surface area contributed by atoms with E-state index in [1.165, 1.54) is 5.56 Å². The van der Waals surface area contributed by atoms with Crippen molar-refractivity contribution >= 4 is 23.1 Å². The van der Waals surface area contributed by atoms with Gasteiger partial charge in [0.05, 0.1) is 11.9 Å². The lowest BCUT2D eigenvalue weighted by atomic mass is 9.85. The highest BCUT2D eigenvalue weighted by Crippen LogP contribution is 2.27. The van der Waals surface area contributed by atoms with E-state index in [1.807, 2.05) is 12.1 Å². The number of carbonyl (C=O) groups excluding carboxylic acids is 1. The minimum absolute atomic E-state index is 0.0914. The normalized spacial score (nSPS) is 14.4. The molecule has 120 valence electrons. The maximum absolute atomic E-state index is 11.9. The maximum atomic E-state index is 11.9. The summed E-state index contributed by atoms with van der Waals surface area (Å²) >= 11 is 0. The fraction of sp³-hybridized carbons (Fsp3) is 0.368. The lowest BCUT2D eigenvalue weighted by Gasteiger charge is -2.23. The van der Waals surface area contributed by atoms with E-state index in [4.69, 9.17) is 0 Å². The molecule has 23 heavy (non-hydrogen) atoms. The van der Waals surface area contributed by atoms with Gasteiger partial charge >= 0.3 is 0 Å². The SMILES string of the molecule is CC(C)c1ccc(Nc2ccc(NC(=O)C3CCC3)nc2)cc1. The highest BCUT2D eigenvalue weighted by molar-refractivity contribution is 5.92. The van der Waals surface area contributed by atoms with E-state index in [-0.39, 0.29) is 11.8 Å². The Balaban J connectivity index is 1.59. The van der Waals surface area contributed by atoms with Gasteiger partial charge in [-0.1, -0.05) is 32.4 Å². The molecule has 0 unspecified atom stereocenters. The number of anilines is 3. The average Bonchev–Trinajstić information content (AvgIpc) is 2.48. The molecule has 0 aliphatic heterocycles. The van der Waals surface area contributed by atoms with Crippen molar-refractivity contribution in [3.63, 3.8) is 0 Å². The fourth-order valence-corrected chi connectivity index (χ4v) is 2.56. The van der Waals surface area contributed by atoms with Crippen LogP contribution in [0.3, 0.4) is 0 Å². The first kappa shape index (κ1) is 15.5. The molecule has 1 amide bonds. The zero-order valence-electron chi connectivity index (χ0n) is 13.7. The number of pyridine rings is 1. The first-order valence-corrected chi connectivity index (χ1v) is 8.26. The van der Waals surface area contributed by atoms with Crippen LogP contribution in [0.4, 0.5) is 17.2 Å². The number of rotatable bonds is 5. The van der Waals surface area contributed by atoms with Gasteiger partial charge in [0.15, 0.2) is 0 Å². The first-order chi connectivity index (χ1) is 11.1. The molecule has 1 fully saturated rings. The summed E-state index contributed by atoms with van der Waals surface area (Å²) in [5.41, 5.74) is 3.26. The summed E-state index contributed by atoms with van der Waals surface area (Å²) in [5, 5.41) is 6.20. The Hall–Kier alpha value is -2.36. The minimum atomic E-state index is 0.0914. The van der Waals surface area contributed by atoms with Gasteiger partial charge in [-0.25, -0.2) is 4.98 Å². The van der Waals surface area contributed by atoms with E-state index in [1.54, 1.807) is 6.20 Å². The van der Waals surface area contributed by atoms with Crippen LogP contribution < -0.4 is 10.6 Å². The summed E-state index contributed by atoms with van der Waals surface area (Å²) < 4.78 is 0. The Labute approximate surface area is 137 Å². The van der Waals surface area contributed by atoms with Gasteiger partial charge in [0.25, 0.3) is 0 Å². The van der Waals surface area contributed by atoms with Gasteiger partial charge in [-0.3, -0.25) is 4.79 Å². The zero-order valence-corrected chi connectivity index (χ0v) is 13.7. The van der Waals surface area contributed by atoms with Crippen molar-refractivity contribution in [1.29, 1.82) is 0 Å². The number of aromatic nitrogens is 1. The second-order valence-corrected chi connectivity index (χ2v) is 6.45. The lowest BCUT2D eigenvalue weighted by molar-refractivity contribution is -0.122. The van der Waals surface area contributed by atoms with Gasteiger partial charge in [-0.2, -0.15) is 0 Å². The van der Waals surface area contributed by atoms with Gasteiger partial charge in [-0.15, -0.1) is 0 Å². The zero-order chi connectivity index (χ0) is 16.2. The summed E-state index contributed by atoms with van der Waals surface area (Å²) in [6, 6.07) is 12.2. The van der Waals surface area contributed by atoms with Gasteiger partial charge in [0.1, 0.15) is 5.82 Å². The topological polar surface area (TPSA) is 54.0 Å². The van der Waals surface area contributed by atoms with Crippen LogP contribution in [-0.2, 0) is 4.79 Å². The molecule has 0 atom stereocenters. The Kier molecular flexibility index (Phi) is 4.60. The number of nitrogens with one attached hydrogen (secondary N) is 2. The van der Waals surface area contributed by atoms with Gasteiger partial charge in [-0.05, 0) is 48.6 Å². The number of hydrogen-bond acceptors (Lipinski definition) is 3. The minimum Gasteiger partial charge on any atom is -0.354 e. The van der Waals surface area contributed by atoms with Crippen molar-refractivity contribution in [2.45, 2.75) is 39.0 Å². The number of carbonyl (C=O) groups is 1. The van der Waals surface area contributed by atoms with Crippen LogP contribution >= 0.6 is 0 Å². The van der Waals surface area contributed by atoms with Crippen LogP contribution in [0.2, 0.25) is 0 Å². The average molecular weight is 309 g/mol. The molecule has 4 heteroatoms. The molecule has 0 bridgehead atoms. The second-order valence-electron chi connectivity index (χ2n) is 6.45. The highest BCUT2D eigenvalue weighted by Gasteiger charge is 2.25. The molecule has 0 saturated heterocycles. The van der Waals surface area contributed by atoms with Gasteiger partial charge in [0, 0.05) is 11.6 Å². The molecule has 4 nitrogen and oxygen atoms in total. The molecule has 1 aromatic carbocycles. The van der Waals surface area contributed by atoms with E-state index < -0.39 is 0 Å². The highest BCUT2D eigenvalue weighted by atomic mass is 16.2. The summed E-state index contributed by atoms with van der Waals surface area (Å²) in [7, 11) is 0. The molecular weight excluding hydrogens is 286 g/mol. The predicted molar refractivity (Wildman–Crippen MR) is 94.0 cm³/mol. The van der Waals surface area contributed by atoms with E-state index in [9.17, 15) is 4.79 Å². The maximum Gasteiger partial charge on any atom is 0.228 e. The van der Waals surface area contributed by atoms with Crippen molar-refractivity contribution in [2.75, 3.05) is 10.6 Å². The monoisotopic (exact) mass is 309 g/mol. The molecule has 3 rings (SSSR count). The molecule has 1 saturated carbocycles. The van der Waals surface area contributed by atoms with Crippen molar-refractivity contribution < 1.29 is 4.79 Å². The molecule has 2 aromatic rings. The fourth-order valence-electron chi connectivity index (χ4n) is 2.56. The number of amides is 1. The standard InChI is InChI=1S/C19H23N3O/c1-13(2)14-6-8-16(9-7-14)21-17-10-11-18(20-12-17)22-19(23)15-4-3-5-15/h6-13,15,21H,3-5H2,1-2H3,(H,20,22,23). The van der Waals surface area contributed by atoms with Crippen LogP contribution in [0.25, 0.3) is 0 Å². The summed E-state index contributed by atoms with van der Waals surface area (Å²) in [6.45, 7) is 4.37. The van der Waals surface area contributed by atoms with Crippen LogP contribution in [-0.4, -0.2) is 10.9 Å². The molecule has 1 aliphatic rings. The van der Waals surface area contributed by atoms with Crippen molar-refractivity contribution in [3.8, 4) is 0 Å². The Morgan fingerprint density at radius 3 is 2.30 bits per heavy atom. The third-order valence-corrected chi connectivity index (χ3v) is 4.36. The molecule has 0 spiro atoms. The first-order valence-electron chi connectivity index (χ1n) is 8.26. The number of benzene rings is 1. The van der Waals surface area contributed by atoms with E-state index in [0.717, 1.165) is 30.6 Å². The molecule has 1 heterocycles. The summed E-state index contributed by atoms with van der Waals surface area (Å²) in [5.74, 6) is 1.41. The Morgan fingerprint density at radius 1 is 1.09 bits per heavy atom. The van der Waals surface area contributed by atoms with Crippen LogP contribution in [0.5, 0.6) is 0 Å². The van der Waals surface area contributed by atoms with E-state index in [2.05, 4.69) is 53.7 Å². The third-order valence-electron chi connectivity index (χ3n) is 4.36.